The Bertz CT molecular complexity index is 627. The lowest BCUT2D eigenvalue weighted by Crippen LogP contribution is -2.13. The smallest absolute Gasteiger partial charge is 0.0702 e. The van der Waals surface area contributed by atoms with Crippen molar-refractivity contribution in [3.8, 4) is 11.3 Å². The molecule has 1 heterocycles. The molecular weight excluding hydrogens is 230 g/mol. The molecule has 96 valence electrons. The Balaban J connectivity index is 1.84. The average molecular weight is 249 g/mol. The van der Waals surface area contributed by atoms with Gasteiger partial charge in [-0.05, 0) is 59.4 Å². The summed E-state index contributed by atoms with van der Waals surface area (Å²) in [5.41, 5.74) is 5.99. The summed E-state index contributed by atoms with van der Waals surface area (Å²) in [6.07, 6.45) is 4.60. The molecule has 2 aliphatic rings. The predicted molar refractivity (Wildman–Crippen MR) is 78.2 cm³/mol. The van der Waals surface area contributed by atoms with E-state index in [1.165, 1.54) is 18.4 Å². The second-order valence-corrected chi connectivity index (χ2v) is 6.56. The number of hydrogen-bond acceptors (Lipinski definition) is 1. The first kappa shape index (κ1) is 11.2. The van der Waals surface area contributed by atoms with Crippen molar-refractivity contribution in [3.05, 3.63) is 53.7 Å². The van der Waals surface area contributed by atoms with E-state index >= 15 is 0 Å². The molecular formula is C18H19N. The van der Waals surface area contributed by atoms with Crippen LogP contribution in [0, 0.1) is 5.41 Å². The van der Waals surface area contributed by atoms with Gasteiger partial charge >= 0.3 is 0 Å². The molecule has 1 aromatic heterocycles. The van der Waals surface area contributed by atoms with E-state index in [4.69, 9.17) is 0 Å². The average Bonchev–Trinajstić information content (AvgIpc) is 2.86. The van der Waals surface area contributed by atoms with Crippen LogP contribution in [0.5, 0.6) is 0 Å². The summed E-state index contributed by atoms with van der Waals surface area (Å²) in [5, 5.41) is 0. The van der Waals surface area contributed by atoms with Gasteiger partial charge in [0.2, 0.25) is 0 Å². The van der Waals surface area contributed by atoms with Gasteiger partial charge in [0.15, 0.2) is 0 Å². The second-order valence-electron chi connectivity index (χ2n) is 6.56. The zero-order valence-corrected chi connectivity index (χ0v) is 11.6. The Morgan fingerprint density at radius 1 is 1.00 bits per heavy atom. The third-order valence-corrected chi connectivity index (χ3v) is 5.34. The molecule has 2 unspecified atom stereocenters. The van der Waals surface area contributed by atoms with Gasteiger partial charge in [0.05, 0.1) is 5.69 Å². The fourth-order valence-corrected chi connectivity index (χ4v) is 4.32. The molecule has 1 heteroatoms. The maximum Gasteiger partial charge on any atom is 0.0702 e. The van der Waals surface area contributed by atoms with E-state index < -0.39 is 0 Å². The Kier molecular flexibility index (Phi) is 2.18. The van der Waals surface area contributed by atoms with Crippen LogP contribution in [-0.4, -0.2) is 4.98 Å². The van der Waals surface area contributed by atoms with Crippen LogP contribution in [-0.2, 0) is 0 Å². The van der Waals surface area contributed by atoms with Gasteiger partial charge in [0, 0.05) is 11.8 Å². The summed E-state index contributed by atoms with van der Waals surface area (Å²) in [6.45, 7) is 4.88. The molecule has 4 rings (SSSR count). The van der Waals surface area contributed by atoms with Crippen LogP contribution >= 0.6 is 0 Å². The van der Waals surface area contributed by atoms with Gasteiger partial charge < -0.3 is 0 Å². The van der Waals surface area contributed by atoms with Crippen LogP contribution in [0.15, 0.2) is 42.6 Å². The maximum atomic E-state index is 4.47. The molecule has 0 radical (unpaired) electrons. The highest BCUT2D eigenvalue weighted by Crippen LogP contribution is 2.64. The van der Waals surface area contributed by atoms with Crippen molar-refractivity contribution in [1.29, 1.82) is 0 Å². The molecule has 19 heavy (non-hydrogen) atoms. The zero-order valence-electron chi connectivity index (χ0n) is 11.6. The van der Waals surface area contributed by atoms with Crippen LogP contribution in [0.2, 0.25) is 0 Å². The number of hydrogen-bond donors (Lipinski definition) is 0. The minimum Gasteiger partial charge on any atom is -0.256 e. The van der Waals surface area contributed by atoms with Gasteiger partial charge in [0.1, 0.15) is 0 Å². The zero-order chi connectivity index (χ0) is 13.0. The van der Waals surface area contributed by atoms with E-state index in [1.807, 2.05) is 12.3 Å². The molecule has 2 bridgehead atoms. The highest BCUT2D eigenvalue weighted by Gasteiger charge is 2.51. The van der Waals surface area contributed by atoms with Crippen molar-refractivity contribution >= 4 is 0 Å². The van der Waals surface area contributed by atoms with Gasteiger partial charge in [-0.25, -0.2) is 0 Å². The highest BCUT2D eigenvalue weighted by atomic mass is 14.7. The predicted octanol–water partition coefficient (Wildman–Crippen LogP) is 4.75. The lowest BCUT2D eigenvalue weighted by Gasteiger charge is -2.24. The minimum absolute atomic E-state index is 0.449. The number of aromatic nitrogens is 1. The van der Waals surface area contributed by atoms with Crippen molar-refractivity contribution < 1.29 is 0 Å². The summed E-state index contributed by atoms with van der Waals surface area (Å²) in [6, 6.07) is 13.1. The van der Waals surface area contributed by atoms with Crippen LogP contribution in [0.4, 0.5) is 0 Å². The van der Waals surface area contributed by atoms with E-state index in [2.05, 4.69) is 49.2 Å². The number of nitrogens with zero attached hydrogens (tertiary/aromatic N) is 1. The second kappa shape index (κ2) is 3.69. The first-order valence-corrected chi connectivity index (χ1v) is 7.23. The molecule has 2 aliphatic carbocycles. The molecule has 1 fully saturated rings. The Hall–Kier alpha value is -1.63. The Labute approximate surface area is 114 Å². The van der Waals surface area contributed by atoms with Gasteiger partial charge in [-0.3, -0.25) is 4.98 Å². The largest absolute Gasteiger partial charge is 0.256 e. The maximum absolute atomic E-state index is 4.47. The molecule has 0 spiro atoms. The summed E-state index contributed by atoms with van der Waals surface area (Å²) >= 11 is 0. The van der Waals surface area contributed by atoms with Gasteiger partial charge in [0.25, 0.3) is 0 Å². The van der Waals surface area contributed by atoms with Crippen molar-refractivity contribution in [1.82, 2.24) is 4.98 Å². The molecule has 1 nitrogen and oxygen atoms in total. The third kappa shape index (κ3) is 1.44. The molecule has 0 aliphatic heterocycles. The molecule has 1 aromatic carbocycles. The van der Waals surface area contributed by atoms with E-state index in [0.717, 1.165) is 17.5 Å². The first-order valence-electron chi connectivity index (χ1n) is 7.23. The molecule has 0 saturated heterocycles. The lowest BCUT2D eigenvalue weighted by molar-refractivity contribution is 0.325. The number of rotatable bonds is 1. The quantitative estimate of drug-likeness (QED) is 0.710. The summed E-state index contributed by atoms with van der Waals surface area (Å²) in [5.74, 6) is 1.52. The molecule has 2 aromatic rings. The van der Waals surface area contributed by atoms with E-state index in [-0.39, 0.29) is 0 Å². The SMILES string of the molecule is CC1(C)C2CCC1c1cc(-c3ccccn3)ccc12. The normalized spacial score (nSPS) is 26.4. The first-order chi connectivity index (χ1) is 9.18. The van der Waals surface area contributed by atoms with Crippen molar-refractivity contribution in [2.45, 2.75) is 38.5 Å². The molecule has 1 saturated carbocycles. The number of benzene rings is 1. The third-order valence-electron chi connectivity index (χ3n) is 5.34. The van der Waals surface area contributed by atoms with E-state index in [0.29, 0.717) is 5.41 Å². The van der Waals surface area contributed by atoms with Crippen molar-refractivity contribution in [2.24, 2.45) is 5.41 Å². The molecule has 2 atom stereocenters. The van der Waals surface area contributed by atoms with Crippen molar-refractivity contribution in [3.63, 3.8) is 0 Å². The summed E-state index contributed by atoms with van der Waals surface area (Å²) < 4.78 is 0. The summed E-state index contributed by atoms with van der Waals surface area (Å²) in [4.78, 5) is 4.47. The van der Waals surface area contributed by atoms with E-state index in [9.17, 15) is 0 Å². The minimum atomic E-state index is 0.449. The molecule has 0 amide bonds. The standard InChI is InChI=1S/C18H19N/c1-18(2)15-8-9-16(18)14-11-12(6-7-13(14)15)17-5-3-4-10-19-17/h3-7,10-11,15-16H,8-9H2,1-2H3. The van der Waals surface area contributed by atoms with Gasteiger partial charge in [-0.1, -0.05) is 32.0 Å². The lowest BCUT2D eigenvalue weighted by atomic mass is 9.80. The van der Waals surface area contributed by atoms with Crippen LogP contribution in [0.25, 0.3) is 11.3 Å². The fourth-order valence-electron chi connectivity index (χ4n) is 4.32. The Morgan fingerprint density at radius 3 is 2.53 bits per heavy atom. The molecule has 0 N–H and O–H groups in total. The van der Waals surface area contributed by atoms with Gasteiger partial charge in [-0.15, -0.1) is 0 Å². The van der Waals surface area contributed by atoms with Crippen molar-refractivity contribution in [2.75, 3.05) is 0 Å². The summed E-state index contributed by atoms with van der Waals surface area (Å²) in [7, 11) is 0. The van der Waals surface area contributed by atoms with Crippen LogP contribution < -0.4 is 0 Å². The Morgan fingerprint density at radius 2 is 1.79 bits per heavy atom. The number of fused-ring (bicyclic) bond motifs is 5. The van der Waals surface area contributed by atoms with Gasteiger partial charge in [-0.2, -0.15) is 0 Å². The highest BCUT2D eigenvalue weighted by molar-refractivity contribution is 5.63. The monoisotopic (exact) mass is 249 g/mol. The van der Waals surface area contributed by atoms with Crippen LogP contribution in [0.3, 0.4) is 0 Å². The fraction of sp³-hybridized carbons (Fsp3) is 0.389. The van der Waals surface area contributed by atoms with Crippen LogP contribution in [0.1, 0.15) is 49.7 Å². The van der Waals surface area contributed by atoms with E-state index in [1.54, 1.807) is 11.1 Å². The topological polar surface area (TPSA) is 12.9 Å². The number of pyridine rings is 1.